The van der Waals surface area contributed by atoms with Gasteiger partial charge in [-0.3, -0.25) is 10.1 Å². The van der Waals surface area contributed by atoms with E-state index in [0.29, 0.717) is 0 Å². The van der Waals surface area contributed by atoms with Crippen LogP contribution >= 0.6 is 0 Å². The number of carbonyl (C=O) groups is 1. The van der Waals surface area contributed by atoms with Crippen molar-refractivity contribution in [2.75, 3.05) is 7.05 Å². The minimum absolute atomic E-state index is 0.242. The predicted molar refractivity (Wildman–Crippen MR) is 36.5 cm³/mol. The van der Waals surface area contributed by atoms with Gasteiger partial charge in [0.2, 0.25) is 0 Å². The van der Waals surface area contributed by atoms with Gasteiger partial charge in [-0.05, 0) is 13.5 Å². The Balaban J connectivity index is 3.56. The summed E-state index contributed by atoms with van der Waals surface area (Å²) in [4.78, 5) is 10.2. The monoisotopic (exact) mass is 147 g/mol. The molecular formula is C6H13NO3. The number of aliphatic hydroxyl groups is 1. The Bertz CT molecular complexity index is 116. The van der Waals surface area contributed by atoms with Crippen molar-refractivity contribution in [3.63, 3.8) is 0 Å². The summed E-state index contributed by atoms with van der Waals surface area (Å²) < 4.78 is 0. The van der Waals surface area contributed by atoms with Crippen molar-refractivity contribution in [2.24, 2.45) is 5.92 Å². The molecule has 0 bridgehead atoms. The number of nitrogens with one attached hydrogen (secondary N) is 1. The molecule has 0 saturated heterocycles. The molecule has 10 heavy (non-hydrogen) atoms. The molecule has 3 N–H and O–H groups in total. The van der Waals surface area contributed by atoms with Gasteiger partial charge in [0.15, 0.2) is 0 Å². The molecule has 0 aromatic carbocycles. The van der Waals surface area contributed by atoms with Crippen LogP contribution in [0.15, 0.2) is 0 Å². The van der Waals surface area contributed by atoms with Crippen LogP contribution in [0.25, 0.3) is 0 Å². The number of aliphatic hydroxyl groups excluding tert-OH is 1. The molecular weight excluding hydrogens is 134 g/mol. The summed E-state index contributed by atoms with van der Waals surface area (Å²) in [6.07, 6.45) is -0.475. The quantitative estimate of drug-likeness (QED) is 0.475. The number of carboxylic acid groups (broad SMARTS) is 1. The van der Waals surface area contributed by atoms with Gasteiger partial charge in [0, 0.05) is 0 Å². The Kier molecular flexibility index (Phi) is 3.99. The van der Waals surface area contributed by atoms with E-state index in [4.69, 9.17) is 10.2 Å². The van der Waals surface area contributed by atoms with Gasteiger partial charge in [-0.15, -0.1) is 0 Å². The summed E-state index contributed by atoms with van der Waals surface area (Å²) in [6.45, 7) is 1.56. The van der Waals surface area contributed by atoms with E-state index in [2.05, 4.69) is 5.32 Å². The summed E-state index contributed by atoms with van der Waals surface area (Å²) in [7, 11) is 1.58. The lowest BCUT2D eigenvalue weighted by Crippen LogP contribution is -2.28. The second-order valence-electron chi connectivity index (χ2n) is 2.28. The fourth-order valence-electron chi connectivity index (χ4n) is 0.554. The number of hydrogen-bond donors (Lipinski definition) is 3. The second-order valence-corrected chi connectivity index (χ2v) is 2.28. The normalized spacial score (nSPS) is 16.3. The highest BCUT2D eigenvalue weighted by atomic mass is 16.4. The Labute approximate surface area is 59.9 Å². The number of carboxylic acids is 1. The van der Waals surface area contributed by atoms with E-state index in [-0.39, 0.29) is 6.42 Å². The Hall–Kier alpha value is -0.610. The van der Waals surface area contributed by atoms with Gasteiger partial charge >= 0.3 is 5.97 Å². The molecule has 0 aliphatic carbocycles. The van der Waals surface area contributed by atoms with Gasteiger partial charge in [-0.25, -0.2) is 0 Å². The van der Waals surface area contributed by atoms with Gasteiger partial charge in [0.1, 0.15) is 6.23 Å². The average Bonchev–Trinajstić information content (AvgIpc) is 1.87. The van der Waals surface area contributed by atoms with Crippen LogP contribution in [0.5, 0.6) is 0 Å². The van der Waals surface area contributed by atoms with Gasteiger partial charge in [-0.1, -0.05) is 6.92 Å². The molecule has 0 heterocycles. The zero-order chi connectivity index (χ0) is 8.15. The zero-order valence-corrected chi connectivity index (χ0v) is 6.16. The maximum atomic E-state index is 10.2. The molecule has 0 fully saturated rings. The van der Waals surface area contributed by atoms with Crippen molar-refractivity contribution >= 4 is 5.97 Å². The highest BCUT2D eigenvalue weighted by Crippen LogP contribution is 2.03. The molecule has 0 amide bonds. The van der Waals surface area contributed by atoms with E-state index < -0.39 is 18.1 Å². The lowest BCUT2D eigenvalue weighted by molar-refractivity contribution is -0.142. The van der Waals surface area contributed by atoms with Crippen LogP contribution in [0.3, 0.4) is 0 Å². The molecule has 0 spiro atoms. The molecule has 60 valence electrons. The first kappa shape index (κ1) is 9.39. The van der Waals surface area contributed by atoms with Crippen LogP contribution in [0.4, 0.5) is 0 Å². The second kappa shape index (κ2) is 4.24. The molecule has 0 saturated carbocycles. The van der Waals surface area contributed by atoms with E-state index >= 15 is 0 Å². The summed E-state index contributed by atoms with van der Waals surface area (Å²) in [5.74, 6) is -1.38. The molecule has 2 unspecified atom stereocenters. The topological polar surface area (TPSA) is 69.6 Å². The molecule has 0 aliphatic heterocycles. The highest BCUT2D eigenvalue weighted by molar-refractivity contribution is 5.69. The maximum Gasteiger partial charge on any atom is 0.306 e. The van der Waals surface area contributed by atoms with E-state index in [1.165, 1.54) is 0 Å². The minimum atomic E-state index is -0.880. The van der Waals surface area contributed by atoms with Gasteiger partial charge < -0.3 is 10.2 Å². The standard InChI is InChI=1S/C6H13NO3/c1-4(6(9)10)3-5(8)7-2/h4-5,7-8H,3H2,1-2H3,(H,9,10). The summed E-state index contributed by atoms with van der Waals surface area (Å²) in [5.41, 5.74) is 0. The van der Waals surface area contributed by atoms with Crippen LogP contribution in [0.2, 0.25) is 0 Å². The SMILES string of the molecule is CNC(O)CC(C)C(=O)O. The highest BCUT2D eigenvalue weighted by Gasteiger charge is 2.14. The van der Waals surface area contributed by atoms with Crippen molar-refractivity contribution in [3.8, 4) is 0 Å². The first-order valence-electron chi connectivity index (χ1n) is 3.16. The Morgan fingerprint density at radius 1 is 1.70 bits per heavy atom. The van der Waals surface area contributed by atoms with Crippen molar-refractivity contribution in [1.29, 1.82) is 0 Å². The molecule has 4 nitrogen and oxygen atoms in total. The lowest BCUT2D eigenvalue weighted by atomic mass is 10.1. The molecule has 0 aliphatic rings. The van der Waals surface area contributed by atoms with Crippen molar-refractivity contribution < 1.29 is 15.0 Å². The average molecular weight is 147 g/mol. The van der Waals surface area contributed by atoms with E-state index in [1.807, 2.05) is 0 Å². The van der Waals surface area contributed by atoms with Crippen molar-refractivity contribution in [3.05, 3.63) is 0 Å². The first-order valence-corrected chi connectivity index (χ1v) is 3.16. The third-order valence-electron chi connectivity index (χ3n) is 1.33. The fraction of sp³-hybridized carbons (Fsp3) is 0.833. The van der Waals surface area contributed by atoms with E-state index in [0.717, 1.165) is 0 Å². The molecule has 0 rings (SSSR count). The number of rotatable bonds is 4. The third kappa shape index (κ3) is 3.42. The lowest BCUT2D eigenvalue weighted by Gasteiger charge is -2.11. The predicted octanol–water partition coefficient (Wildman–Crippen LogP) is -0.365. The summed E-state index contributed by atoms with van der Waals surface area (Å²) in [6, 6.07) is 0. The van der Waals surface area contributed by atoms with Gasteiger partial charge in [0.05, 0.1) is 5.92 Å². The van der Waals surface area contributed by atoms with Crippen LogP contribution in [-0.4, -0.2) is 29.5 Å². The van der Waals surface area contributed by atoms with Crippen molar-refractivity contribution in [2.45, 2.75) is 19.6 Å². The van der Waals surface area contributed by atoms with Crippen molar-refractivity contribution in [1.82, 2.24) is 5.32 Å². The first-order chi connectivity index (χ1) is 4.57. The molecule has 2 atom stereocenters. The maximum absolute atomic E-state index is 10.2. The third-order valence-corrected chi connectivity index (χ3v) is 1.33. The van der Waals surface area contributed by atoms with Crippen LogP contribution in [0, 0.1) is 5.92 Å². The molecule has 4 heteroatoms. The minimum Gasteiger partial charge on any atom is -0.481 e. The molecule has 0 radical (unpaired) electrons. The van der Waals surface area contributed by atoms with Gasteiger partial charge in [-0.2, -0.15) is 0 Å². The zero-order valence-electron chi connectivity index (χ0n) is 6.16. The number of aliphatic carboxylic acids is 1. The summed E-state index contributed by atoms with van der Waals surface area (Å²) >= 11 is 0. The largest absolute Gasteiger partial charge is 0.481 e. The molecule has 0 aromatic heterocycles. The van der Waals surface area contributed by atoms with Crippen LogP contribution in [-0.2, 0) is 4.79 Å². The van der Waals surface area contributed by atoms with Gasteiger partial charge in [0.25, 0.3) is 0 Å². The number of hydrogen-bond acceptors (Lipinski definition) is 3. The van der Waals surface area contributed by atoms with E-state index in [1.54, 1.807) is 14.0 Å². The van der Waals surface area contributed by atoms with Crippen LogP contribution in [0.1, 0.15) is 13.3 Å². The smallest absolute Gasteiger partial charge is 0.306 e. The Morgan fingerprint density at radius 3 is 2.50 bits per heavy atom. The van der Waals surface area contributed by atoms with E-state index in [9.17, 15) is 4.79 Å². The Morgan fingerprint density at radius 2 is 2.20 bits per heavy atom. The van der Waals surface area contributed by atoms with Crippen LogP contribution < -0.4 is 5.32 Å². The fourth-order valence-corrected chi connectivity index (χ4v) is 0.554. The summed E-state index contributed by atoms with van der Waals surface area (Å²) in [5, 5.41) is 19.8. The molecule has 0 aromatic rings.